The van der Waals surface area contributed by atoms with Gasteiger partial charge in [-0.2, -0.15) is 0 Å². The van der Waals surface area contributed by atoms with Crippen LogP contribution in [0.1, 0.15) is 40.0 Å². The highest BCUT2D eigenvalue weighted by molar-refractivity contribution is 5.81. The molecule has 13 heavy (non-hydrogen) atoms. The average molecular weight is 184 g/mol. The molecule has 76 valence electrons. The summed E-state index contributed by atoms with van der Waals surface area (Å²) in [4.78, 5) is 10.9. The second-order valence-corrected chi connectivity index (χ2v) is 3.07. The van der Waals surface area contributed by atoms with E-state index in [-0.39, 0.29) is 5.97 Å². The van der Waals surface area contributed by atoms with E-state index in [9.17, 15) is 4.79 Å². The first kappa shape index (κ1) is 12.2. The van der Waals surface area contributed by atoms with Crippen molar-refractivity contribution < 1.29 is 9.53 Å². The van der Waals surface area contributed by atoms with E-state index in [1.807, 2.05) is 13.0 Å². The Hall–Kier alpha value is -0.790. The topological polar surface area (TPSA) is 26.3 Å². The molecule has 0 aromatic rings. The molecule has 0 rings (SSSR count). The molecule has 0 saturated carbocycles. The molecule has 0 aliphatic rings. The van der Waals surface area contributed by atoms with Crippen molar-refractivity contribution in [1.82, 2.24) is 0 Å². The molecular weight excluding hydrogens is 164 g/mol. The molecule has 0 atom stereocenters. The summed E-state index contributed by atoms with van der Waals surface area (Å²) in [5.41, 5.74) is 0. The van der Waals surface area contributed by atoms with Crippen LogP contribution in [-0.2, 0) is 9.53 Å². The zero-order valence-corrected chi connectivity index (χ0v) is 8.88. The van der Waals surface area contributed by atoms with Gasteiger partial charge < -0.3 is 4.74 Å². The number of allylic oxidation sites excluding steroid dienone is 1. The fourth-order valence-electron chi connectivity index (χ4n) is 1.17. The highest BCUT2D eigenvalue weighted by Gasteiger charge is 2.00. The quantitative estimate of drug-likeness (QED) is 0.468. The molecule has 0 N–H and O–H groups in total. The highest BCUT2D eigenvalue weighted by atomic mass is 16.5. The van der Waals surface area contributed by atoms with Gasteiger partial charge >= 0.3 is 5.97 Å². The van der Waals surface area contributed by atoms with Crippen LogP contribution in [0.25, 0.3) is 0 Å². The fourth-order valence-corrected chi connectivity index (χ4v) is 1.17. The van der Waals surface area contributed by atoms with E-state index in [4.69, 9.17) is 4.74 Å². The summed E-state index contributed by atoms with van der Waals surface area (Å²) in [6.07, 6.45) is 6.76. The Kier molecular flexibility index (Phi) is 7.36. The summed E-state index contributed by atoms with van der Waals surface area (Å²) < 4.78 is 4.77. The van der Waals surface area contributed by atoms with Gasteiger partial charge in [-0.1, -0.05) is 32.8 Å². The lowest BCUT2D eigenvalue weighted by atomic mass is 9.99. The number of hydrogen-bond donors (Lipinski definition) is 0. The van der Waals surface area contributed by atoms with Crippen LogP contribution in [0, 0.1) is 5.92 Å². The molecule has 0 spiro atoms. The van der Waals surface area contributed by atoms with Crippen molar-refractivity contribution in [2.24, 2.45) is 5.92 Å². The lowest BCUT2D eigenvalue weighted by molar-refractivity contribution is -0.137. The van der Waals surface area contributed by atoms with Gasteiger partial charge in [0.2, 0.25) is 0 Å². The summed E-state index contributed by atoms with van der Waals surface area (Å²) in [5.74, 6) is 0.471. The van der Waals surface area contributed by atoms with Crippen molar-refractivity contribution in [3.63, 3.8) is 0 Å². The molecule has 2 heteroatoms. The van der Waals surface area contributed by atoms with E-state index in [1.54, 1.807) is 0 Å². The lowest BCUT2D eigenvalue weighted by Crippen LogP contribution is -2.00. The predicted octanol–water partition coefficient (Wildman–Crippen LogP) is 2.93. The summed E-state index contributed by atoms with van der Waals surface area (Å²) in [6.45, 7) is 6.61. The fraction of sp³-hybridized carbons (Fsp3) is 0.727. The van der Waals surface area contributed by atoms with E-state index in [0.717, 1.165) is 6.42 Å². The number of carbonyl (C=O) groups excluding carboxylic acids is 1. The number of hydrogen-bond acceptors (Lipinski definition) is 2. The first-order valence-electron chi connectivity index (χ1n) is 5.07. The number of carbonyl (C=O) groups is 1. The first-order chi connectivity index (χ1) is 6.24. The Labute approximate surface area is 81.0 Å². The van der Waals surface area contributed by atoms with Crippen molar-refractivity contribution in [2.45, 2.75) is 40.0 Å². The largest absolute Gasteiger partial charge is 0.463 e. The summed E-state index contributed by atoms with van der Waals surface area (Å²) >= 11 is 0. The maximum atomic E-state index is 10.9. The first-order valence-corrected chi connectivity index (χ1v) is 5.07. The Morgan fingerprint density at radius 2 is 1.92 bits per heavy atom. The Morgan fingerprint density at radius 3 is 2.38 bits per heavy atom. The molecule has 0 heterocycles. The van der Waals surface area contributed by atoms with E-state index < -0.39 is 0 Å². The normalized spacial score (nSPS) is 11.1. The maximum Gasteiger partial charge on any atom is 0.330 e. The minimum Gasteiger partial charge on any atom is -0.463 e. The van der Waals surface area contributed by atoms with Crippen LogP contribution in [0.3, 0.4) is 0 Å². The molecule has 0 unspecified atom stereocenters. The van der Waals surface area contributed by atoms with Crippen molar-refractivity contribution in [2.75, 3.05) is 6.61 Å². The molecule has 0 aromatic carbocycles. The van der Waals surface area contributed by atoms with E-state index in [0.29, 0.717) is 12.5 Å². The third-order valence-electron chi connectivity index (χ3n) is 2.16. The molecule has 0 fully saturated rings. The number of rotatable bonds is 6. The average Bonchev–Trinajstić information content (AvgIpc) is 2.13. The molecule has 0 bridgehead atoms. The Balaban J connectivity index is 3.66. The number of ether oxygens (including phenoxy) is 1. The highest BCUT2D eigenvalue weighted by Crippen LogP contribution is 2.12. The molecule has 0 aliphatic heterocycles. The van der Waals surface area contributed by atoms with Crippen LogP contribution in [0.4, 0.5) is 0 Å². The second kappa shape index (κ2) is 7.84. The monoisotopic (exact) mass is 184 g/mol. The van der Waals surface area contributed by atoms with Gasteiger partial charge in [0, 0.05) is 6.08 Å². The van der Waals surface area contributed by atoms with E-state index in [2.05, 4.69) is 13.8 Å². The molecule has 0 aromatic heterocycles. The Morgan fingerprint density at radius 1 is 1.31 bits per heavy atom. The third kappa shape index (κ3) is 6.38. The molecular formula is C11H20O2. The van der Waals surface area contributed by atoms with Gasteiger partial charge in [0.1, 0.15) is 0 Å². The Bertz CT molecular complexity index is 157. The second-order valence-electron chi connectivity index (χ2n) is 3.07. The van der Waals surface area contributed by atoms with Gasteiger partial charge in [-0.25, -0.2) is 4.79 Å². The predicted molar refractivity (Wildman–Crippen MR) is 54.5 cm³/mol. The summed E-state index contributed by atoms with van der Waals surface area (Å²) in [5, 5.41) is 0. The van der Waals surface area contributed by atoms with E-state index in [1.165, 1.54) is 18.9 Å². The van der Waals surface area contributed by atoms with Crippen LogP contribution in [0.5, 0.6) is 0 Å². The van der Waals surface area contributed by atoms with Gasteiger partial charge in [0.25, 0.3) is 0 Å². The standard InChI is InChI=1S/C11H20O2/c1-4-10(5-2)8-7-9-11(12)13-6-3/h7,9-10H,4-6,8H2,1-3H3/b9-7+. The summed E-state index contributed by atoms with van der Waals surface area (Å²) in [6, 6.07) is 0. The van der Waals surface area contributed by atoms with Crippen molar-refractivity contribution >= 4 is 5.97 Å². The molecule has 2 nitrogen and oxygen atoms in total. The third-order valence-corrected chi connectivity index (χ3v) is 2.16. The van der Waals surface area contributed by atoms with Crippen LogP contribution < -0.4 is 0 Å². The van der Waals surface area contributed by atoms with Crippen molar-refractivity contribution in [3.05, 3.63) is 12.2 Å². The minimum absolute atomic E-state index is 0.228. The van der Waals surface area contributed by atoms with Crippen LogP contribution >= 0.6 is 0 Å². The van der Waals surface area contributed by atoms with Crippen LogP contribution in [0.15, 0.2) is 12.2 Å². The molecule has 0 saturated heterocycles. The van der Waals surface area contributed by atoms with Gasteiger partial charge in [-0.05, 0) is 19.3 Å². The molecule has 0 amide bonds. The summed E-state index contributed by atoms with van der Waals surface area (Å²) in [7, 11) is 0. The van der Waals surface area contributed by atoms with Gasteiger partial charge in [-0.15, -0.1) is 0 Å². The van der Waals surface area contributed by atoms with Crippen molar-refractivity contribution in [1.29, 1.82) is 0 Å². The van der Waals surface area contributed by atoms with Crippen LogP contribution in [0.2, 0.25) is 0 Å². The van der Waals surface area contributed by atoms with Crippen LogP contribution in [-0.4, -0.2) is 12.6 Å². The smallest absolute Gasteiger partial charge is 0.330 e. The molecule has 0 radical (unpaired) electrons. The van der Waals surface area contributed by atoms with Gasteiger partial charge in [0.15, 0.2) is 0 Å². The zero-order valence-electron chi connectivity index (χ0n) is 8.88. The lowest BCUT2D eigenvalue weighted by Gasteiger charge is -2.07. The van der Waals surface area contributed by atoms with Crippen molar-refractivity contribution in [3.8, 4) is 0 Å². The zero-order chi connectivity index (χ0) is 10.1. The van der Waals surface area contributed by atoms with E-state index >= 15 is 0 Å². The number of esters is 1. The van der Waals surface area contributed by atoms with Gasteiger partial charge in [-0.3, -0.25) is 0 Å². The minimum atomic E-state index is -0.228. The SMILES string of the molecule is CCOC(=O)/C=C/CC(CC)CC. The van der Waals surface area contributed by atoms with Gasteiger partial charge in [0.05, 0.1) is 6.61 Å². The maximum absolute atomic E-state index is 10.9. The molecule has 0 aliphatic carbocycles.